The highest BCUT2D eigenvalue weighted by molar-refractivity contribution is 6.07. The van der Waals surface area contributed by atoms with Crippen LogP contribution in [-0.2, 0) is 9.53 Å². The Hall–Kier alpha value is -3.87. The van der Waals surface area contributed by atoms with E-state index in [1.807, 2.05) is 18.2 Å². The number of aromatic carboxylic acids is 1. The van der Waals surface area contributed by atoms with Crippen molar-refractivity contribution in [3.8, 4) is 11.5 Å². The summed E-state index contributed by atoms with van der Waals surface area (Å²) in [6.45, 7) is 1.99. The van der Waals surface area contributed by atoms with Crippen LogP contribution in [0.4, 0.5) is 0 Å². The molecule has 0 aromatic heterocycles. The van der Waals surface area contributed by atoms with Crippen LogP contribution in [0.3, 0.4) is 0 Å². The van der Waals surface area contributed by atoms with Crippen LogP contribution in [0.25, 0.3) is 10.8 Å². The Morgan fingerprint density at radius 1 is 0.867 bits per heavy atom. The van der Waals surface area contributed by atoms with Gasteiger partial charge in [-0.2, -0.15) is 0 Å². The van der Waals surface area contributed by atoms with E-state index in [-0.39, 0.29) is 23.9 Å². The van der Waals surface area contributed by atoms with E-state index in [0.717, 1.165) is 5.39 Å². The molecule has 7 nitrogen and oxygen atoms in total. The quantitative estimate of drug-likeness (QED) is 0.340. The molecule has 0 amide bonds. The van der Waals surface area contributed by atoms with Gasteiger partial charge in [0.15, 0.2) is 0 Å². The van der Waals surface area contributed by atoms with Crippen molar-refractivity contribution in [1.82, 2.24) is 0 Å². The van der Waals surface area contributed by atoms with Crippen LogP contribution in [0.5, 0.6) is 11.5 Å². The van der Waals surface area contributed by atoms with Crippen molar-refractivity contribution in [3.05, 3.63) is 71.8 Å². The van der Waals surface area contributed by atoms with Gasteiger partial charge in [0, 0.05) is 18.7 Å². The predicted molar refractivity (Wildman–Crippen MR) is 109 cm³/mol. The smallest absolute Gasteiger partial charge is 0.344 e. The first kappa shape index (κ1) is 20.9. The van der Waals surface area contributed by atoms with Gasteiger partial charge in [0.25, 0.3) is 0 Å². The molecule has 0 fully saturated rings. The molecule has 3 rings (SSSR count). The molecule has 0 saturated heterocycles. The van der Waals surface area contributed by atoms with Crippen LogP contribution < -0.4 is 9.47 Å². The van der Waals surface area contributed by atoms with Gasteiger partial charge in [-0.15, -0.1) is 0 Å². The van der Waals surface area contributed by atoms with E-state index in [1.165, 1.54) is 31.2 Å². The van der Waals surface area contributed by atoms with Crippen molar-refractivity contribution >= 4 is 28.7 Å². The summed E-state index contributed by atoms with van der Waals surface area (Å²) in [7, 11) is 0. The van der Waals surface area contributed by atoms with Crippen LogP contribution in [0, 0.1) is 0 Å². The molecular weight excluding hydrogens is 388 g/mol. The van der Waals surface area contributed by atoms with Gasteiger partial charge in [-0.3, -0.25) is 4.79 Å². The number of hydrogen-bond donors (Lipinski definition) is 1. The highest BCUT2D eigenvalue weighted by Crippen LogP contribution is 2.29. The summed E-state index contributed by atoms with van der Waals surface area (Å²) < 4.78 is 16.1. The highest BCUT2D eigenvalue weighted by atomic mass is 16.5. The summed E-state index contributed by atoms with van der Waals surface area (Å²) in [6, 6.07) is 16.2. The lowest BCUT2D eigenvalue weighted by molar-refractivity contribution is -0.141. The lowest BCUT2D eigenvalue weighted by Crippen LogP contribution is -2.10. The Labute approximate surface area is 172 Å². The van der Waals surface area contributed by atoms with E-state index in [9.17, 15) is 14.4 Å². The van der Waals surface area contributed by atoms with Crippen molar-refractivity contribution < 1.29 is 33.7 Å². The molecular formula is C23H20O7. The first-order chi connectivity index (χ1) is 14.5. The van der Waals surface area contributed by atoms with Gasteiger partial charge in [0.2, 0.25) is 0 Å². The average Bonchev–Trinajstić information content (AvgIpc) is 2.73. The zero-order valence-corrected chi connectivity index (χ0v) is 16.3. The number of ether oxygens (including phenoxy) is 3. The minimum absolute atomic E-state index is 0.107. The van der Waals surface area contributed by atoms with E-state index in [2.05, 4.69) is 0 Å². The van der Waals surface area contributed by atoms with Crippen molar-refractivity contribution in [2.75, 3.05) is 13.2 Å². The SMILES string of the molecule is CC(=O)OCCCOc1ccc(C(=O)Oc2ccc(C(=O)O)cc2)c2ccccc12. The summed E-state index contributed by atoms with van der Waals surface area (Å²) in [5.41, 5.74) is 0.468. The largest absolute Gasteiger partial charge is 0.493 e. The number of carbonyl (C=O) groups is 3. The maximum absolute atomic E-state index is 12.7. The Morgan fingerprint density at radius 3 is 2.23 bits per heavy atom. The minimum Gasteiger partial charge on any atom is -0.493 e. The Morgan fingerprint density at radius 2 is 1.57 bits per heavy atom. The fourth-order valence-corrected chi connectivity index (χ4v) is 2.86. The number of rotatable bonds is 8. The standard InChI is InChI=1S/C23H20O7/c1-15(24)28-13-4-14-29-21-12-11-20(18-5-2-3-6-19(18)21)23(27)30-17-9-7-16(8-10-17)22(25)26/h2-3,5-12H,4,13-14H2,1H3,(H,25,26). The van der Waals surface area contributed by atoms with Gasteiger partial charge in [-0.05, 0) is 41.8 Å². The van der Waals surface area contributed by atoms with Crippen molar-refractivity contribution in [3.63, 3.8) is 0 Å². The summed E-state index contributed by atoms with van der Waals surface area (Å²) in [4.78, 5) is 34.4. The Balaban J connectivity index is 1.75. The summed E-state index contributed by atoms with van der Waals surface area (Å²) >= 11 is 0. The molecule has 0 unspecified atom stereocenters. The first-order valence-electron chi connectivity index (χ1n) is 9.29. The van der Waals surface area contributed by atoms with Crippen molar-refractivity contribution in [1.29, 1.82) is 0 Å². The van der Waals surface area contributed by atoms with E-state index in [4.69, 9.17) is 19.3 Å². The van der Waals surface area contributed by atoms with Gasteiger partial charge in [-0.25, -0.2) is 9.59 Å². The zero-order valence-electron chi connectivity index (χ0n) is 16.3. The molecule has 30 heavy (non-hydrogen) atoms. The number of fused-ring (bicyclic) bond motifs is 1. The molecule has 0 bridgehead atoms. The van der Waals surface area contributed by atoms with Crippen LogP contribution in [-0.4, -0.2) is 36.2 Å². The molecule has 0 spiro atoms. The monoisotopic (exact) mass is 408 g/mol. The molecule has 0 aliphatic heterocycles. The van der Waals surface area contributed by atoms with Gasteiger partial charge in [-0.1, -0.05) is 24.3 Å². The molecule has 7 heteroatoms. The highest BCUT2D eigenvalue weighted by Gasteiger charge is 2.15. The van der Waals surface area contributed by atoms with Crippen molar-refractivity contribution in [2.45, 2.75) is 13.3 Å². The van der Waals surface area contributed by atoms with Crippen molar-refractivity contribution in [2.24, 2.45) is 0 Å². The van der Waals surface area contributed by atoms with Gasteiger partial charge in [0.05, 0.1) is 24.3 Å². The second kappa shape index (κ2) is 9.56. The van der Waals surface area contributed by atoms with Crippen LogP contribution in [0.1, 0.15) is 34.1 Å². The third-order valence-electron chi connectivity index (χ3n) is 4.27. The van der Waals surface area contributed by atoms with Crippen LogP contribution >= 0.6 is 0 Å². The number of benzene rings is 3. The fraction of sp³-hybridized carbons (Fsp3) is 0.174. The molecule has 1 N–H and O–H groups in total. The van der Waals surface area contributed by atoms with Gasteiger partial charge in [0.1, 0.15) is 11.5 Å². The molecule has 0 radical (unpaired) electrons. The van der Waals surface area contributed by atoms with E-state index in [0.29, 0.717) is 29.7 Å². The van der Waals surface area contributed by atoms with Gasteiger partial charge >= 0.3 is 17.9 Å². The minimum atomic E-state index is -1.05. The maximum Gasteiger partial charge on any atom is 0.344 e. The average molecular weight is 408 g/mol. The van der Waals surface area contributed by atoms with Gasteiger partial charge < -0.3 is 19.3 Å². The van der Waals surface area contributed by atoms with Crippen LogP contribution in [0.2, 0.25) is 0 Å². The lowest BCUT2D eigenvalue weighted by atomic mass is 10.0. The topological polar surface area (TPSA) is 99.1 Å². The molecule has 0 heterocycles. The van der Waals surface area contributed by atoms with Crippen LogP contribution in [0.15, 0.2) is 60.7 Å². The molecule has 0 saturated carbocycles. The third-order valence-corrected chi connectivity index (χ3v) is 4.27. The molecule has 154 valence electrons. The summed E-state index contributed by atoms with van der Waals surface area (Å²) in [5.74, 6) is -1.09. The normalized spacial score (nSPS) is 10.4. The third kappa shape index (κ3) is 5.14. The molecule has 0 aliphatic rings. The number of esters is 2. The predicted octanol–water partition coefficient (Wildman–Crippen LogP) is 4.09. The maximum atomic E-state index is 12.7. The number of hydrogen-bond acceptors (Lipinski definition) is 6. The second-order valence-corrected chi connectivity index (χ2v) is 6.42. The number of carboxylic acid groups (broad SMARTS) is 1. The molecule has 3 aromatic rings. The Bertz CT molecular complexity index is 1070. The first-order valence-corrected chi connectivity index (χ1v) is 9.29. The number of carbonyl (C=O) groups excluding carboxylic acids is 2. The lowest BCUT2D eigenvalue weighted by Gasteiger charge is -2.12. The molecule has 0 atom stereocenters. The molecule has 3 aromatic carbocycles. The fourth-order valence-electron chi connectivity index (χ4n) is 2.86. The van der Waals surface area contributed by atoms with E-state index < -0.39 is 11.9 Å². The summed E-state index contributed by atoms with van der Waals surface area (Å²) in [5, 5.41) is 10.4. The zero-order chi connectivity index (χ0) is 21.5. The van der Waals surface area contributed by atoms with E-state index in [1.54, 1.807) is 18.2 Å². The Kier molecular flexibility index (Phi) is 6.64. The van der Waals surface area contributed by atoms with E-state index >= 15 is 0 Å². The summed E-state index contributed by atoms with van der Waals surface area (Å²) in [6.07, 6.45) is 0.546. The second-order valence-electron chi connectivity index (χ2n) is 6.42. The number of carboxylic acids is 1. The molecule has 0 aliphatic carbocycles.